The second kappa shape index (κ2) is 13.0. The van der Waals surface area contributed by atoms with Gasteiger partial charge in [0.05, 0.1) is 25.9 Å². The molecule has 3 fully saturated rings. The van der Waals surface area contributed by atoms with E-state index >= 15 is 0 Å². The first-order chi connectivity index (χ1) is 19.8. The van der Waals surface area contributed by atoms with Gasteiger partial charge < -0.3 is 30.5 Å². The first-order valence-electron chi connectivity index (χ1n) is 14.6. The van der Waals surface area contributed by atoms with Crippen LogP contribution in [-0.2, 0) is 30.3 Å². The van der Waals surface area contributed by atoms with E-state index in [1.54, 1.807) is 31.2 Å². The molecule has 10 nitrogen and oxygen atoms in total. The zero-order chi connectivity index (χ0) is 30.7. The summed E-state index contributed by atoms with van der Waals surface area (Å²) in [4.78, 5) is 52.7. The number of aliphatic hydroxyl groups excluding tert-OH is 1. The summed E-state index contributed by atoms with van der Waals surface area (Å²) in [7, 11) is 1.52. The lowest BCUT2D eigenvalue weighted by Gasteiger charge is -2.37. The maximum absolute atomic E-state index is 13.6. The Morgan fingerprint density at radius 2 is 1.60 bits per heavy atom. The fourth-order valence-corrected chi connectivity index (χ4v) is 5.65. The van der Waals surface area contributed by atoms with Crippen LogP contribution in [0.2, 0.25) is 0 Å². The molecule has 4 atom stereocenters. The molecule has 2 aliphatic carbocycles. The number of Topliss-reactive ketones (excluding diaryl/α,β-unsaturated/α-hetero) is 1. The van der Waals surface area contributed by atoms with Gasteiger partial charge >= 0.3 is 0 Å². The lowest BCUT2D eigenvalue weighted by Crippen LogP contribution is -2.57. The van der Waals surface area contributed by atoms with Crippen molar-refractivity contribution in [3.63, 3.8) is 0 Å². The van der Waals surface area contributed by atoms with E-state index < -0.39 is 53.5 Å². The number of halogens is 2. The Labute approximate surface area is 244 Å². The van der Waals surface area contributed by atoms with Crippen LogP contribution in [0.4, 0.5) is 8.78 Å². The quantitative estimate of drug-likeness (QED) is 0.256. The van der Waals surface area contributed by atoms with Gasteiger partial charge in [0, 0.05) is 25.2 Å². The Morgan fingerprint density at radius 1 is 1.00 bits per heavy atom. The summed E-state index contributed by atoms with van der Waals surface area (Å²) < 4.78 is 37.5. The number of hydrogen-bond acceptors (Lipinski definition) is 7. The van der Waals surface area contributed by atoms with Crippen molar-refractivity contribution in [2.45, 2.75) is 101 Å². The van der Waals surface area contributed by atoms with Gasteiger partial charge in [0.2, 0.25) is 23.6 Å². The van der Waals surface area contributed by atoms with Gasteiger partial charge in [-0.25, -0.2) is 8.78 Å². The number of alkyl halides is 2. The summed E-state index contributed by atoms with van der Waals surface area (Å²) in [6.45, 7) is 3.29. The third-order valence-corrected chi connectivity index (χ3v) is 8.53. The highest BCUT2D eigenvalue weighted by Gasteiger charge is 2.53. The summed E-state index contributed by atoms with van der Waals surface area (Å²) in [6.07, 6.45) is 1.07. The van der Waals surface area contributed by atoms with Gasteiger partial charge in [-0.15, -0.1) is 0 Å². The van der Waals surface area contributed by atoms with Crippen molar-refractivity contribution in [2.75, 3.05) is 13.7 Å². The fraction of sp³-hybridized carbons (Fsp3) is 0.667. The Morgan fingerprint density at radius 3 is 2.14 bits per heavy atom. The Kier molecular flexibility index (Phi) is 9.87. The zero-order valence-electron chi connectivity index (χ0n) is 24.3. The highest BCUT2D eigenvalue weighted by molar-refractivity contribution is 5.98. The number of hydrogen-bond donors (Lipinski definition) is 4. The summed E-state index contributed by atoms with van der Waals surface area (Å²) in [6, 6.07) is 3.78. The molecule has 1 aliphatic heterocycles. The number of benzene rings is 1. The predicted molar refractivity (Wildman–Crippen MR) is 148 cm³/mol. The van der Waals surface area contributed by atoms with Crippen LogP contribution in [0.1, 0.15) is 64.4 Å². The van der Waals surface area contributed by atoms with Gasteiger partial charge in [-0.2, -0.15) is 0 Å². The number of ether oxygens (including phenoxy) is 2. The molecular formula is C30H41F2N3O7. The molecule has 2 saturated carbocycles. The van der Waals surface area contributed by atoms with Crippen LogP contribution in [0.5, 0.6) is 5.75 Å². The minimum absolute atomic E-state index is 0.0465. The molecule has 12 heteroatoms. The van der Waals surface area contributed by atoms with E-state index in [1.165, 1.54) is 14.0 Å². The summed E-state index contributed by atoms with van der Waals surface area (Å²) >= 11 is 0. The predicted octanol–water partition coefficient (Wildman–Crippen LogP) is 2.06. The van der Waals surface area contributed by atoms with E-state index in [0.29, 0.717) is 37.0 Å². The molecule has 232 valence electrons. The normalized spacial score (nSPS) is 27.0. The van der Waals surface area contributed by atoms with E-state index in [0.717, 1.165) is 0 Å². The van der Waals surface area contributed by atoms with Crippen molar-refractivity contribution in [1.29, 1.82) is 0 Å². The average Bonchev–Trinajstić information content (AvgIpc) is 3.69. The van der Waals surface area contributed by atoms with Gasteiger partial charge in [0.1, 0.15) is 23.4 Å². The largest absolute Gasteiger partial charge is 0.497 e. The molecule has 42 heavy (non-hydrogen) atoms. The topological polar surface area (TPSA) is 146 Å². The number of rotatable bonds is 13. The van der Waals surface area contributed by atoms with Crippen molar-refractivity contribution < 1.29 is 42.5 Å². The van der Waals surface area contributed by atoms with Crippen LogP contribution in [-0.4, -0.2) is 78.1 Å². The second-order valence-corrected chi connectivity index (χ2v) is 12.2. The third-order valence-electron chi connectivity index (χ3n) is 8.53. The molecule has 4 N–H and O–H groups in total. The van der Waals surface area contributed by atoms with Gasteiger partial charge in [-0.05, 0) is 69.6 Å². The van der Waals surface area contributed by atoms with E-state index in [1.807, 2.05) is 0 Å². The maximum Gasteiger partial charge on any atom is 0.248 e. The number of nitrogens with one attached hydrogen (secondary N) is 3. The first kappa shape index (κ1) is 31.8. The van der Waals surface area contributed by atoms with Crippen molar-refractivity contribution >= 4 is 23.5 Å². The fourth-order valence-electron chi connectivity index (χ4n) is 5.65. The molecule has 0 bridgehead atoms. The van der Waals surface area contributed by atoms with E-state index in [2.05, 4.69) is 16.0 Å². The maximum atomic E-state index is 13.6. The molecule has 4 rings (SSSR count). The monoisotopic (exact) mass is 593 g/mol. The smallest absolute Gasteiger partial charge is 0.248 e. The van der Waals surface area contributed by atoms with Crippen molar-refractivity contribution in [3.05, 3.63) is 29.8 Å². The second-order valence-electron chi connectivity index (χ2n) is 12.2. The van der Waals surface area contributed by atoms with Crippen molar-refractivity contribution in [2.24, 2.45) is 11.8 Å². The van der Waals surface area contributed by atoms with E-state index in [9.17, 15) is 33.1 Å². The number of carbonyl (C=O) groups excluding carboxylic acids is 4. The lowest BCUT2D eigenvalue weighted by atomic mass is 9.76. The first-order valence-corrected chi connectivity index (χ1v) is 14.6. The Hall–Kier alpha value is -3.12. The lowest BCUT2D eigenvalue weighted by molar-refractivity contribution is -0.137. The summed E-state index contributed by atoms with van der Waals surface area (Å²) in [5.74, 6) is -4.82. The molecule has 3 aliphatic rings. The van der Waals surface area contributed by atoms with Crippen LogP contribution in [0.15, 0.2) is 24.3 Å². The number of epoxide rings is 1. The third kappa shape index (κ3) is 8.25. The summed E-state index contributed by atoms with van der Waals surface area (Å²) in [5.41, 5.74) is -0.375. The molecule has 0 aromatic heterocycles. The molecule has 0 radical (unpaired) electrons. The van der Waals surface area contributed by atoms with Crippen LogP contribution in [0, 0.1) is 11.8 Å². The number of ketones is 1. The molecule has 3 amide bonds. The minimum atomic E-state index is -2.77. The highest BCUT2D eigenvalue weighted by Crippen LogP contribution is 2.45. The Balaban J connectivity index is 1.45. The van der Waals surface area contributed by atoms with Crippen molar-refractivity contribution in [1.82, 2.24) is 16.0 Å². The molecule has 0 unspecified atom stereocenters. The van der Waals surface area contributed by atoms with Gasteiger partial charge in [0.25, 0.3) is 0 Å². The molecular weight excluding hydrogens is 552 g/mol. The van der Waals surface area contributed by atoms with Gasteiger partial charge in [0.15, 0.2) is 5.78 Å². The SMILES string of the molecule is COc1ccc(C[C@H](NC(=O)[C@@H](C)NC(=O)[C@H]2CC[C@H](O)CC2)C(=O)N[C@@H](CC2CC(F)(F)C2)C(=O)[C@@]2(C)CO2)cc1. The minimum Gasteiger partial charge on any atom is -0.497 e. The van der Waals surface area contributed by atoms with Gasteiger partial charge in [-0.1, -0.05) is 12.1 Å². The number of aliphatic hydroxyl groups is 1. The zero-order valence-corrected chi connectivity index (χ0v) is 24.3. The van der Waals surface area contributed by atoms with Gasteiger partial charge in [-0.3, -0.25) is 19.2 Å². The molecule has 1 heterocycles. The molecule has 1 aromatic carbocycles. The van der Waals surface area contributed by atoms with E-state index in [-0.39, 0.29) is 49.9 Å². The number of carbonyl (C=O) groups is 4. The molecule has 0 spiro atoms. The van der Waals surface area contributed by atoms with Crippen LogP contribution < -0.4 is 20.7 Å². The van der Waals surface area contributed by atoms with E-state index in [4.69, 9.17) is 9.47 Å². The average molecular weight is 594 g/mol. The number of amides is 3. The summed E-state index contributed by atoms with van der Waals surface area (Å²) in [5, 5.41) is 17.8. The Bertz CT molecular complexity index is 1140. The standard InChI is InChI=1S/C30H41F2N3O7/c1-17(33-27(39)20-6-8-21(36)9-7-20)26(38)35-24(12-18-4-10-22(41-3)11-5-18)28(40)34-23(25(37)29(2)16-42-29)13-19-14-30(31,32)15-19/h4-5,10-11,17,19-21,23-24,36H,6-9,12-16H2,1-3H3,(H,33,39)(H,34,40)(H,35,38)/t17-,20-,21-,23+,24+,29-/m1/s1. The number of methoxy groups -OCH3 is 1. The molecule has 1 aromatic rings. The van der Waals surface area contributed by atoms with Crippen LogP contribution >= 0.6 is 0 Å². The van der Waals surface area contributed by atoms with Crippen LogP contribution in [0.25, 0.3) is 0 Å². The molecule has 1 saturated heterocycles. The van der Waals surface area contributed by atoms with Crippen LogP contribution in [0.3, 0.4) is 0 Å². The highest BCUT2D eigenvalue weighted by atomic mass is 19.3. The van der Waals surface area contributed by atoms with Crippen molar-refractivity contribution in [3.8, 4) is 5.75 Å².